The van der Waals surface area contributed by atoms with Crippen molar-refractivity contribution in [2.24, 2.45) is 5.73 Å². The zero-order chi connectivity index (χ0) is 13.7. The minimum absolute atomic E-state index is 0.106. The smallest absolute Gasteiger partial charge is 0.273 e. The van der Waals surface area contributed by atoms with Crippen LogP contribution in [-0.2, 0) is 13.1 Å². The van der Waals surface area contributed by atoms with Crippen molar-refractivity contribution in [3.05, 3.63) is 47.5 Å². The number of benzene rings is 1. The lowest BCUT2D eigenvalue weighted by Crippen LogP contribution is -2.23. The minimum atomic E-state index is -0.397. The summed E-state index contributed by atoms with van der Waals surface area (Å²) in [5.41, 5.74) is 5.97. The fourth-order valence-corrected chi connectivity index (χ4v) is 1.55. The lowest BCUT2D eigenvalue weighted by Gasteiger charge is -2.03. The number of nitrogens with two attached hydrogens (primary N) is 1. The monoisotopic (exact) mass is 263 g/mol. The highest BCUT2D eigenvalue weighted by atomic mass is 19.1. The normalized spacial score (nSPS) is 10.4. The van der Waals surface area contributed by atoms with E-state index in [0.717, 1.165) is 0 Å². The van der Waals surface area contributed by atoms with Crippen LogP contribution in [0.5, 0.6) is 0 Å². The number of amides is 1. The molecule has 1 amide bonds. The first-order valence-corrected chi connectivity index (χ1v) is 5.82. The number of carbonyl (C=O) groups is 1. The molecule has 0 unspecified atom stereocenters. The number of nitrogens with one attached hydrogen (secondary N) is 1. The van der Waals surface area contributed by atoms with Crippen LogP contribution in [0.3, 0.4) is 0 Å². The van der Waals surface area contributed by atoms with Crippen LogP contribution in [0.4, 0.5) is 4.39 Å². The van der Waals surface area contributed by atoms with Gasteiger partial charge in [-0.25, -0.2) is 4.39 Å². The molecule has 0 fully saturated rings. The van der Waals surface area contributed by atoms with E-state index in [0.29, 0.717) is 18.7 Å². The molecule has 0 saturated heterocycles. The molecule has 0 aliphatic carbocycles. The van der Waals surface area contributed by atoms with Crippen molar-refractivity contribution >= 4 is 5.91 Å². The summed E-state index contributed by atoms with van der Waals surface area (Å²) in [6.45, 7) is 1.02. The quantitative estimate of drug-likeness (QED) is 0.812. The van der Waals surface area contributed by atoms with Gasteiger partial charge in [-0.3, -0.25) is 9.48 Å². The van der Waals surface area contributed by atoms with E-state index in [4.69, 9.17) is 5.73 Å². The molecule has 7 heteroatoms. The molecular formula is C12H14FN5O. The van der Waals surface area contributed by atoms with Gasteiger partial charge in [0.25, 0.3) is 5.91 Å². The van der Waals surface area contributed by atoms with E-state index in [2.05, 4.69) is 15.6 Å². The number of rotatable bonds is 5. The van der Waals surface area contributed by atoms with Crippen LogP contribution in [0.15, 0.2) is 30.5 Å². The molecule has 0 bridgehead atoms. The summed E-state index contributed by atoms with van der Waals surface area (Å²) in [6, 6.07) is 6.26. The summed E-state index contributed by atoms with van der Waals surface area (Å²) < 4.78 is 14.8. The van der Waals surface area contributed by atoms with E-state index in [1.54, 1.807) is 18.2 Å². The van der Waals surface area contributed by atoms with E-state index >= 15 is 0 Å². The van der Waals surface area contributed by atoms with Gasteiger partial charge in [-0.2, -0.15) is 0 Å². The number of nitrogens with zero attached hydrogens (tertiary/aromatic N) is 3. The Labute approximate surface area is 109 Å². The van der Waals surface area contributed by atoms with Gasteiger partial charge in [-0.05, 0) is 6.07 Å². The third-order valence-corrected chi connectivity index (χ3v) is 2.53. The molecule has 0 aliphatic heterocycles. The van der Waals surface area contributed by atoms with Crippen molar-refractivity contribution < 1.29 is 9.18 Å². The van der Waals surface area contributed by atoms with Gasteiger partial charge in [0.2, 0.25) is 0 Å². The van der Waals surface area contributed by atoms with Gasteiger partial charge in [-0.15, -0.1) is 5.10 Å². The summed E-state index contributed by atoms with van der Waals surface area (Å²) in [7, 11) is 0. The van der Waals surface area contributed by atoms with Gasteiger partial charge in [0, 0.05) is 18.7 Å². The fourth-order valence-electron chi connectivity index (χ4n) is 1.55. The number of hydrogen-bond donors (Lipinski definition) is 2. The van der Waals surface area contributed by atoms with Crippen molar-refractivity contribution in [1.82, 2.24) is 20.3 Å². The molecular weight excluding hydrogens is 249 g/mol. The second-order valence-electron chi connectivity index (χ2n) is 3.93. The highest BCUT2D eigenvalue weighted by molar-refractivity contribution is 5.91. The third-order valence-electron chi connectivity index (χ3n) is 2.53. The number of hydrogen-bond acceptors (Lipinski definition) is 4. The highest BCUT2D eigenvalue weighted by Crippen LogP contribution is 2.05. The number of carbonyl (C=O) groups excluding carboxylic acids is 1. The summed E-state index contributed by atoms with van der Waals surface area (Å²) in [6.07, 6.45) is 1.50. The van der Waals surface area contributed by atoms with E-state index in [-0.39, 0.29) is 18.1 Å². The predicted octanol–water partition coefficient (Wildman–Crippen LogP) is 0.306. The molecule has 0 atom stereocenters. The van der Waals surface area contributed by atoms with E-state index in [9.17, 15) is 9.18 Å². The van der Waals surface area contributed by atoms with Crippen LogP contribution < -0.4 is 11.1 Å². The maximum absolute atomic E-state index is 13.3. The Morgan fingerprint density at radius 2 is 2.21 bits per heavy atom. The van der Waals surface area contributed by atoms with E-state index in [1.807, 2.05) is 0 Å². The number of aromatic nitrogens is 3. The molecule has 0 saturated carbocycles. The summed E-state index contributed by atoms with van der Waals surface area (Å²) in [5, 5.41) is 10.1. The van der Waals surface area contributed by atoms with Gasteiger partial charge in [-0.1, -0.05) is 23.4 Å². The summed E-state index contributed by atoms with van der Waals surface area (Å²) in [5.74, 6) is -0.749. The van der Waals surface area contributed by atoms with Gasteiger partial charge in [0.15, 0.2) is 5.69 Å². The first kappa shape index (κ1) is 13.2. The third kappa shape index (κ3) is 3.35. The molecule has 2 rings (SSSR count). The van der Waals surface area contributed by atoms with Crippen LogP contribution in [0.2, 0.25) is 0 Å². The molecule has 1 aromatic heterocycles. The van der Waals surface area contributed by atoms with Crippen LogP contribution in [0.25, 0.3) is 0 Å². The molecule has 0 aliphatic rings. The first-order valence-electron chi connectivity index (χ1n) is 5.82. The molecule has 19 heavy (non-hydrogen) atoms. The molecule has 100 valence electrons. The fraction of sp³-hybridized carbons (Fsp3) is 0.250. The standard InChI is InChI=1S/C12H14FN5O/c13-10-4-2-1-3-9(10)7-15-12(19)11-8-18(6-5-14)17-16-11/h1-4,8H,5-7,14H2,(H,15,19). The molecule has 0 spiro atoms. The Balaban J connectivity index is 1.95. The molecule has 1 aromatic carbocycles. The van der Waals surface area contributed by atoms with Crippen molar-refractivity contribution in [3.63, 3.8) is 0 Å². The maximum atomic E-state index is 13.3. The predicted molar refractivity (Wildman–Crippen MR) is 66.6 cm³/mol. The molecule has 6 nitrogen and oxygen atoms in total. The zero-order valence-corrected chi connectivity index (χ0v) is 10.2. The lowest BCUT2D eigenvalue weighted by atomic mass is 10.2. The molecule has 2 aromatic rings. The maximum Gasteiger partial charge on any atom is 0.273 e. The van der Waals surface area contributed by atoms with Crippen molar-refractivity contribution in [3.8, 4) is 0 Å². The SMILES string of the molecule is NCCn1cc(C(=O)NCc2ccccc2F)nn1. The highest BCUT2D eigenvalue weighted by Gasteiger charge is 2.11. The Kier molecular flexibility index (Phi) is 4.19. The molecule has 1 heterocycles. The Hall–Kier alpha value is -2.28. The Bertz CT molecular complexity index is 569. The van der Waals surface area contributed by atoms with Gasteiger partial charge < -0.3 is 11.1 Å². The van der Waals surface area contributed by atoms with Crippen LogP contribution in [-0.4, -0.2) is 27.4 Å². The van der Waals surface area contributed by atoms with Gasteiger partial charge >= 0.3 is 0 Å². The van der Waals surface area contributed by atoms with E-state index in [1.165, 1.54) is 16.9 Å². The van der Waals surface area contributed by atoms with Crippen molar-refractivity contribution in [2.45, 2.75) is 13.1 Å². The first-order chi connectivity index (χ1) is 9.20. The minimum Gasteiger partial charge on any atom is -0.346 e. The van der Waals surface area contributed by atoms with Crippen molar-refractivity contribution in [1.29, 1.82) is 0 Å². The van der Waals surface area contributed by atoms with Crippen LogP contribution in [0.1, 0.15) is 16.1 Å². The second-order valence-corrected chi connectivity index (χ2v) is 3.93. The average Bonchev–Trinajstić information content (AvgIpc) is 2.87. The number of halogens is 1. The lowest BCUT2D eigenvalue weighted by molar-refractivity contribution is 0.0945. The molecule has 3 N–H and O–H groups in total. The second kappa shape index (κ2) is 6.05. The zero-order valence-electron chi connectivity index (χ0n) is 10.2. The van der Waals surface area contributed by atoms with Crippen LogP contribution in [0, 0.1) is 5.82 Å². The average molecular weight is 263 g/mol. The Morgan fingerprint density at radius 1 is 1.42 bits per heavy atom. The van der Waals surface area contributed by atoms with Gasteiger partial charge in [0.05, 0.1) is 12.7 Å². The van der Waals surface area contributed by atoms with Crippen LogP contribution >= 0.6 is 0 Å². The largest absolute Gasteiger partial charge is 0.346 e. The molecule has 0 radical (unpaired) electrons. The van der Waals surface area contributed by atoms with Crippen molar-refractivity contribution in [2.75, 3.05) is 6.54 Å². The summed E-state index contributed by atoms with van der Waals surface area (Å²) in [4.78, 5) is 11.8. The Morgan fingerprint density at radius 3 is 2.95 bits per heavy atom. The summed E-state index contributed by atoms with van der Waals surface area (Å²) >= 11 is 0. The van der Waals surface area contributed by atoms with Gasteiger partial charge in [0.1, 0.15) is 5.82 Å². The van der Waals surface area contributed by atoms with E-state index < -0.39 is 5.91 Å². The topological polar surface area (TPSA) is 85.8 Å².